The van der Waals surface area contributed by atoms with Crippen molar-refractivity contribution in [3.8, 4) is 16.9 Å². The number of nitrogens with zero attached hydrogens (tertiary/aromatic N) is 1. The number of ether oxygens (including phenoxy) is 2. The summed E-state index contributed by atoms with van der Waals surface area (Å²) in [4.78, 5) is 13.8. The van der Waals surface area contributed by atoms with E-state index in [0.29, 0.717) is 19.8 Å². The van der Waals surface area contributed by atoms with Crippen molar-refractivity contribution in [1.29, 1.82) is 0 Å². The Kier molecular flexibility index (Phi) is 5.91. The molecule has 0 fully saturated rings. The van der Waals surface area contributed by atoms with Gasteiger partial charge in [0, 0.05) is 44.9 Å². The van der Waals surface area contributed by atoms with Crippen LogP contribution in [0, 0.1) is 6.92 Å². The van der Waals surface area contributed by atoms with Crippen LogP contribution in [0.4, 0.5) is 0 Å². The number of carbonyl (C=O) groups excluding carboxylic acids is 1. The molecule has 5 heteroatoms. The van der Waals surface area contributed by atoms with Gasteiger partial charge in [-0.3, -0.25) is 4.79 Å². The lowest BCUT2D eigenvalue weighted by Gasteiger charge is -2.14. The molecule has 2 aromatic carbocycles. The molecule has 0 saturated heterocycles. The number of methoxy groups -OCH3 is 1. The molecule has 0 bridgehead atoms. The first-order valence-corrected chi connectivity index (χ1v) is 8.92. The Morgan fingerprint density at radius 1 is 1.08 bits per heavy atom. The zero-order valence-corrected chi connectivity index (χ0v) is 15.7. The Morgan fingerprint density at radius 3 is 2.69 bits per heavy atom. The summed E-state index contributed by atoms with van der Waals surface area (Å²) in [6.45, 7) is 5.59. The summed E-state index contributed by atoms with van der Waals surface area (Å²) in [5.74, 6) is 0.955. The molecule has 0 spiro atoms. The smallest absolute Gasteiger partial charge is 0.254 e. The predicted molar refractivity (Wildman–Crippen MR) is 103 cm³/mol. The van der Waals surface area contributed by atoms with Crippen molar-refractivity contribution < 1.29 is 14.3 Å². The number of hydrogen-bond donors (Lipinski definition) is 1. The van der Waals surface area contributed by atoms with Gasteiger partial charge < -0.3 is 19.7 Å². The Bertz CT molecular complexity index is 789. The lowest BCUT2D eigenvalue weighted by Crippen LogP contribution is -2.24. The molecule has 26 heavy (non-hydrogen) atoms. The van der Waals surface area contributed by atoms with Gasteiger partial charge in [0.15, 0.2) is 0 Å². The lowest BCUT2D eigenvalue weighted by atomic mass is 9.98. The highest BCUT2D eigenvalue weighted by Crippen LogP contribution is 2.34. The molecule has 1 aliphatic rings. The lowest BCUT2D eigenvalue weighted by molar-refractivity contribution is 0.0816. The van der Waals surface area contributed by atoms with Crippen molar-refractivity contribution in [2.75, 3.05) is 40.5 Å². The average Bonchev–Trinajstić information content (AvgIpc) is 2.92. The third kappa shape index (κ3) is 4.06. The maximum atomic E-state index is 12.1. The molecule has 3 rings (SSSR count). The monoisotopic (exact) mass is 354 g/mol. The SMILES string of the molecule is COCCNCCOc1ccc(C)cc1-c1ccc2c(c1)CN(C)C2=O. The van der Waals surface area contributed by atoms with E-state index in [-0.39, 0.29) is 5.91 Å². The fraction of sp³-hybridized carbons (Fsp3) is 0.381. The molecule has 2 aromatic rings. The summed E-state index contributed by atoms with van der Waals surface area (Å²) in [6.07, 6.45) is 0. The number of nitrogens with one attached hydrogen (secondary N) is 1. The van der Waals surface area contributed by atoms with Crippen molar-refractivity contribution in [1.82, 2.24) is 10.2 Å². The van der Waals surface area contributed by atoms with Gasteiger partial charge in [-0.05, 0) is 42.3 Å². The molecular formula is C21H26N2O3. The molecule has 5 nitrogen and oxygen atoms in total. The van der Waals surface area contributed by atoms with Gasteiger partial charge in [-0.25, -0.2) is 0 Å². The molecule has 0 aromatic heterocycles. The third-order valence-corrected chi connectivity index (χ3v) is 4.56. The van der Waals surface area contributed by atoms with E-state index in [2.05, 4.69) is 30.4 Å². The molecule has 0 saturated carbocycles. The summed E-state index contributed by atoms with van der Waals surface area (Å²) in [5, 5.41) is 3.28. The Labute approximate surface area is 154 Å². The zero-order valence-electron chi connectivity index (χ0n) is 15.7. The van der Waals surface area contributed by atoms with Crippen LogP contribution in [0.3, 0.4) is 0 Å². The minimum Gasteiger partial charge on any atom is -0.492 e. The van der Waals surface area contributed by atoms with E-state index in [1.165, 1.54) is 5.56 Å². The maximum Gasteiger partial charge on any atom is 0.254 e. The van der Waals surface area contributed by atoms with Crippen LogP contribution in [-0.2, 0) is 11.3 Å². The molecule has 138 valence electrons. The van der Waals surface area contributed by atoms with E-state index < -0.39 is 0 Å². The first-order valence-electron chi connectivity index (χ1n) is 8.92. The van der Waals surface area contributed by atoms with E-state index >= 15 is 0 Å². The summed E-state index contributed by atoms with van der Waals surface area (Å²) >= 11 is 0. The summed E-state index contributed by atoms with van der Waals surface area (Å²) in [7, 11) is 3.53. The second kappa shape index (κ2) is 8.34. The molecule has 0 unspecified atom stereocenters. The highest BCUT2D eigenvalue weighted by molar-refractivity contribution is 5.98. The van der Waals surface area contributed by atoms with E-state index in [9.17, 15) is 4.79 Å². The minimum atomic E-state index is 0.0920. The van der Waals surface area contributed by atoms with Crippen LogP contribution in [0.25, 0.3) is 11.1 Å². The van der Waals surface area contributed by atoms with Gasteiger partial charge >= 0.3 is 0 Å². The van der Waals surface area contributed by atoms with Crippen LogP contribution >= 0.6 is 0 Å². The largest absolute Gasteiger partial charge is 0.492 e. The van der Waals surface area contributed by atoms with Crippen LogP contribution in [0.5, 0.6) is 5.75 Å². The number of rotatable bonds is 8. The van der Waals surface area contributed by atoms with Crippen molar-refractivity contribution in [2.45, 2.75) is 13.5 Å². The first-order chi connectivity index (χ1) is 12.6. The van der Waals surface area contributed by atoms with Crippen molar-refractivity contribution >= 4 is 5.91 Å². The normalized spacial score (nSPS) is 13.2. The van der Waals surface area contributed by atoms with Gasteiger partial charge in [0.25, 0.3) is 5.91 Å². The highest BCUT2D eigenvalue weighted by atomic mass is 16.5. The van der Waals surface area contributed by atoms with E-state index in [1.807, 2.05) is 25.2 Å². The zero-order chi connectivity index (χ0) is 18.5. The van der Waals surface area contributed by atoms with Gasteiger partial charge in [0.1, 0.15) is 12.4 Å². The fourth-order valence-corrected chi connectivity index (χ4v) is 3.16. The van der Waals surface area contributed by atoms with Crippen LogP contribution in [0.1, 0.15) is 21.5 Å². The molecular weight excluding hydrogens is 328 g/mol. The third-order valence-electron chi connectivity index (χ3n) is 4.56. The van der Waals surface area contributed by atoms with Crippen LogP contribution in [-0.4, -0.2) is 51.3 Å². The molecule has 0 atom stereocenters. The quantitative estimate of drug-likeness (QED) is 0.741. The van der Waals surface area contributed by atoms with Gasteiger partial charge in [-0.1, -0.05) is 17.7 Å². The standard InChI is InChI=1S/C21H26N2O3/c1-15-4-7-20(26-11-9-22-8-10-25-3)19(12-15)16-5-6-18-17(13-16)14-23(2)21(18)24/h4-7,12-13,22H,8-11,14H2,1-3H3. The number of amides is 1. The Balaban J connectivity index is 1.76. The number of aryl methyl sites for hydroxylation is 1. The number of carbonyl (C=O) groups is 1. The highest BCUT2D eigenvalue weighted by Gasteiger charge is 2.24. The van der Waals surface area contributed by atoms with E-state index in [0.717, 1.165) is 41.1 Å². The molecule has 1 amide bonds. The van der Waals surface area contributed by atoms with Gasteiger partial charge in [-0.2, -0.15) is 0 Å². The molecule has 0 aliphatic carbocycles. The predicted octanol–water partition coefficient (Wildman–Crippen LogP) is 2.86. The van der Waals surface area contributed by atoms with Crippen molar-refractivity contribution in [2.24, 2.45) is 0 Å². The molecule has 0 radical (unpaired) electrons. The van der Waals surface area contributed by atoms with E-state index in [4.69, 9.17) is 9.47 Å². The second-order valence-corrected chi connectivity index (χ2v) is 6.62. The minimum absolute atomic E-state index is 0.0920. The Hall–Kier alpha value is -2.37. The van der Waals surface area contributed by atoms with Gasteiger partial charge in [0.05, 0.1) is 6.61 Å². The number of benzene rings is 2. The average molecular weight is 354 g/mol. The molecule has 1 aliphatic heterocycles. The first kappa shape index (κ1) is 18.4. The van der Waals surface area contributed by atoms with Crippen molar-refractivity contribution in [3.63, 3.8) is 0 Å². The number of hydrogen-bond acceptors (Lipinski definition) is 4. The summed E-state index contributed by atoms with van der Waals surface area (Å²) in [5.41, 5.74) is 5.20. The summed E-state index contributed by atoms with van der Waals surface area (Å²) in [6, 6.07) is 12.3. The van der Waals surface area contributed by atoms with Crippen molar-refractivity contribution in [3.05, 3.63) is 53.1 Å². The Morgan fingerprint density at radius 2 is 1.88 bits per heavy atom. The molecule has 1 heterocycles. The summed E-state index contributed by atoms with van der Waals surface area (Å²) < 4.78 is 11.0. The number of fused-ring (bicyclic) bond motifs is 1. The van der Waals surface area contributed by atoms with Crippen LogP contribution in [0.15, 0.2) is 36.4 Å². The van der Waals surface area contributed by atoms with E-state index in [1.54, 1.807) is 12.0 Å². The van der Waals surface area contributed by atoms with Gasteiger partial charge in [-0.15, -0.1) is 0 Å². The second-order valence-electron chi connectivity index (χ2n) is 6.62. The van der Waals surface area contributed by atoms with Crippen LogP contribution < -0.4 is 10.1 Å². The van der Waals surface area contributed by atoms with Gasteiger partial charge in [0.2, 0.25) is 0 Å². The maximum absolute atomic E-state index is 12.1. The molecule has 1 N–H and O–H groups in total. The fourth-order valence-electron chi connectivity index (χ4n) is 3.16. The topological polar surface area (TPSA) is 50.8 Å². The van der Waals surface area contributed by atoms with Crippen LogP contribution in [0.2, 0.25) is 0 Å².